The Morgan fingerprint density at radius 1 is 1.02 bits per heavy atom. The Bertz CT molecular complexity index is 1380. The monoisotopic (exact) mass is 582 g/mol. The summed E-state index contributed by atoms with van der Waals surface area (Å²) in [5, 5.41) is -0.332. The van der Waals surface area contributed by atoms with Gasteiger partial charge in [0.1, 0.15) is 12.2 Å². The smallest absolute Gasteiger partial charge is 0.417 e. The molecule has 1 unspecified atom stereocenters. The van der Waals surface area contributed by atoms with Gasteiger partial charge in [0, 0.05) is 13.1 Å². The Balaban J connectivity index is 1.39. The number of likely N-dealkylation sites (tertiary alicyclic amines) is 1. The summed E-state index contributed by atoms with van der Waals surface area (Å²) >= 11 is 0. The van der Waals surface area contributed by atoms with Crippen molar-refractivity contribution in [2.45, 2.75) is 80.6 Å². The lowest BCUT2D eigenvalue weighted by molar-refractivity contribution is -0.131. The maximum atomic E-state index is 14.1. The molecule has 0 aromatic heterocycles. The molecule has 3 aliphatic rings. The zero-order valence-electron chi connectivity index (χ0n) is 23.8. The quantitative estimate of drug-likeness (QED) is 0.433. The summed E-state index contributed by atoms with van der Waals surface area (Å²) in [6, 6.07) is 15.7. The first-order valence-corrected chi connectivity index (χ1v) is 15.8. The number of imide groups is 1. The van der Waals surface area contributed by atoms with Gasteiger partial charge in [-0.05, 0) is 82.1 Å². The second-order valence-electron chi connectivity index (χ2n) is 12.3. The predicted octanol–water partition coefficient (Wildman–Crippen LogP) is 4.94. The van der Waals surface area contributed by atoms with Crippen molar-refractivity contribution in [3.8, 4) is 0 Å². The third kappa shape index (κ3) is 6.74. The lowest BCUT2D eigenvalue weighted by Crippen LogP contribution is -2.43. The van der Waals surface area contributed by atoms with Gasteiger partial charge in [-0.2, -0.15) is 0 Å². The van der Waals surface area contributed by atoms with E-state index < -0.39 is 33.5 Å². The number of rotatable bonds is 8. The Hall–Kier alpha value is -3.40. The van der Waals surface area contributed by atoms with E-state index in [4.69, 9.17) is 9.47 Å². The highest BCUT2D eigenvalue weighted by molar-refractivity contribution is 7.92. The van der Waals surface area contributed by atoms with Crippen molar-refractivity contribution in [2.24, 2.45) is 5.92 Å². The third-order valence-electron chi connectivity index (χ3n) is 7.89. The number of ether oxygens (including phenoxy) is 2. The SMILES string of the molecule is CC(C)(C)OC(=O)N1CCC(C[C@@H](C(=O)N2C(=O)OC[C@H]2Cc2ccccc2)c2ccc(S(=O)(=O)C3CC3)cc2)C1. The van der Waals surface area contributed by atoms with Crippen LogP contribution < -0.4 is 0 Å². The maximum Gasteiger partial charge on any atom is 0.417 e. The molecule has 2 aliphatic heterocycles. The fourth-order valence-corrected chi connectivity index (χ4v) is 7.28. The van der Waals surface area contributed by atoms with Crippen LogP contribution >= 0.6 is 0 Å². The second kappa shape index (κ2) is 11.5. The summed E-state index contributed by atoms with van der Waals surface area (Å²) in [6.07, 6.45) is 1.84. The molecule has 5 rings (SSSR count). The van der Waals surface area contributed by atoms with Crippen LogP contribution in [0.4, 0.5) is 9.59 Å². The van der Waals surface area contributed by atoms with E-state index in [-0.39, 0.29) is 34.7 Å². The van der Waals surface area contributed by atoms with Crippen LogP contribution in [0.2, 0.25) is 0 Å². The van der Waals surface area contributed by atoms with Crippen LogP contribution in [0.1, 0.15) is 63.5 Å². The predicted molar refractivity (Wildman–Crippen MR) is 152 cm³/mol. The second-order valence-corrected chi connectivity index (χ2v) is 14.5. The molecule has 3 amide bonds. The van der Waals surface area contributed by atoms with Crippen molar-refractivity contribution in [2.75, 3.05) is 19.7 Å². The van der Waals surface area contributed by atoms with Gasteiger partial charge in [-0.1, -0.05) is 42.5 Å². The van der Waals surface area contributed by atoms with E-state index in [9.17, 15) is 22.8 Å². The van der Waals surface area contributed by atoms with Gasteiger partial charge in [0.05, 0.1) is 22.1 Å². The van der Waals surface area contributed by atoms with Crippen molar-refractivity contribution in [3.05, 3.63) is 65.7 Å². The number of hydrogen-bond donors (Lipinski definition) is 0. The molecule has 220 valence electrons. The van der Waals surface area contributed by atoms with Gasteiger partial charge < -0.3 is 14.4 Å². The molecule has 2 heterocycles. The average Bonchev–Trinajstić information content (AvgIpc) is 3.59. The molecule has 0 N–H and O–H groups in total. The van der Waals surface area contributed by atoms with E-state index in [1.165, 1.54) is 4.90 Å². The first kappa shape index (κ1) is 29.1. The number of cyclic esters (lactones) is 1. The summed E-state index contributed by atoms with van der Waals surface area (Å²) in [6.45, 7) is 6.52. The highest BCUT2D eigenvalue weighted by Gasteiger charge is 2.43. The van der Waals surface area contributed by atoms with E-state index in [2.05, 4.69) is 0 Å². The minimum absolute atomic E-state index is 0.00228. The standard InChI is InChI=1S/C31H38N2O7S/c1-31(2,3)40-29(35)32-16-15-22(19-32)18-27(23-9-11-25(12-10-23)41(37,38)26-13-14-26)28(34)33-24(20-39-30(33)36)17-21-7-5-4-6-8-21/h4-12,22,24,26-27H,13-20H2,1-3H3/t22?,24-,27-/m1/s1. The van der Waals surface area contributed by atoms with Crippen molar-refractivity contribution in [1.82, 2.24) is 9.80 Å². The Morgan fingerprint density at radius 2 is 1.71 bits per heavy atom. The van der Waals surface area contributed by atoms with E-state index in [0.717, 1.165) is 5.56 Å². The van der Waals surface area contributed by atoms with Gasteiger partial charge >= 0.3 is 12.2 Å². The van der Waals surface area contributed by atoms with Crippen LogP contribution in [-0.2, 0) is 30.5 Å². The molecule has 2 aromatic rings. The highest BCUT2D eigenvalue weighted by Crippen LogP contribution is 2.36. The molecule has 3 fully saturated rings. The topological polar surface area (TPSA) is 110 Å². The average molecular weight is 583 g/mol. The van der Waals surface area contributed by atoms with Crippen LogP contribution in [-0.4, -0.2) is 72.9 Å². The molecule has 2 aromatic carbocycles. The van der Waals surface area contributed by atoms with Crippen LogP contribution in [0.15, 0.2) is 59.5 Å². The van der Waals surface area contributed by atoms with Crippen LogP contribution in [0, 0.1) is 5.92 Å². The number of nitrogens with zero attached hydrogens (tertiary/aromatic N) is 2. The summed E-state index contributed by atoms with van der Waals surface area (Å²) in [7, 11) is -3.38. The highest BCUT2D eigenvalue weighted by atomic mass is 32.2. The van der Waals surface area contributed by atoms with Crippen molar-refractivity contribution in [1.29, 1.82) is 0 Å². The molecular weight excluding hydrogens is 544 g/mol. The first-order valence-electron chi connectivity index (χ1n) is 14.3. The van der Waals surface area contributed by atoms with Gasteiger partial charge in [0.2, 0.25) is 5.91 Å². The number of sulfone groups is 1. The Morgan fingerprint density at radius 3 is 2.34 bits per heavy atom. The minimum atomic E-state index is -3.38. The number of benzene rings is 2. The maximum absolute atomic E-state index is 14.1. The van der Waals surface area contributed by atoms with Crippen LogP contribution in [0.25, 0.3) is 0 Å². The van der Waals surface area contributed by atoms with Crippen molar-refractivity contribution in [3.63, 3.8) is 0 Å². The van der Waals surface area contributed by atoms with Gasteiger partial charge in [0.15, 0.2) is 9.84 Å². The number of carbonyl (C=O) groups excluding carboxylic acids is 3. The molecule has 41 heavy (non-hydrogen) atoms. The molecule has 1 saturated carbocycles. The third-order valence-corrected chi connectivity index (χ3v) is 10.2. The lowest BCUT2D eigenvalue weighted by Gasteiger charge is -2.27. The van der Waals surface area contributed by atoms with Gasteiger partial charge in [-0.15, -0.1) is 0 Å². The molecule has 1 aliphatic carbocycles. The summed E-state index contributed by atoms with van der Waals surface area (Å²) < 4.78 is 36.4. The van der Waals surface area contributed by atoms with Crippen LogP contribution in [0.3, 0.4) is 0 Å². The molecule has 0 bridgehead atoms. The van der Waals surface area contributed by atoms with E-state index in [0.29, 0.717) is 50.8 Å². The number of carbonyl (C=O) groups is 3. The molecule has 10 heteroatoms. The Kier molecular flexibility index (Phi) is 8.14. The number of hydrogen-bond acceptors (Lipinski definition) is 7. The summed E-state index contributed by atoms with van der Waals surface area (Å²) in [4.78, 5) is 42.8. The zero-order valence-corrected chi connectivity index (χ0v) is 24.6. The lowest BCUT2D eigenvalue weighted by atomic mass is 9.86. The molecule has 0 spiro atoms. The van der Waals surface area contributed by atoms with E-state index in [1.54, 1.807) is 29.2 Å². The zero-order chi connectivity index (χ0) is 29.4. The fraction of sp³-hybridized carbons (Fsp3) is 0.516. The van der Waals surface area contributed by atoms with Gasteiger partial charge in [-0.3, -0.25) is 4.79 Å². The van der Waals surface area contributed by atoms with Gasteiger partial charge in [-0.25, -0.2) is 22.9 Å². The molecule has 2 saturated heterocycles. The molecule has 0 radical (unpaired) electrons. The molecule has 9 nitrogen and oxygen atoms in total. The van der Waals surface area contributed by atoms with E-state index >= 15 is 0 Å². The van der Waals surface area contributed by atoms with Crippen molar-refractivity contribution < 1.29 is 32.3 Å². The first-order chi connectivity index (χ1) is 19.4. The largest absolute Gasteiger partial charge is 0.447 e. The van der Waals surface area contributed by atoms with E-state index in [1.807, 2.05) is 51.1 Å². The summed E-state index contributed by atoms with van der Waals surface area (Å²) in [5.41, 5.74) is 1.02. The fourth-order valence-electron chi connectivity index (χ4n) is 5.63. The molecule has 3 atom stereocenters. The molecular formula is C31H38N2O7S. The normalized spacial score (nSPS) is 22.0. The number of amides is 3. The van der Waals surface area contributed by atoms with Gasteiger partial charge in [0.25, 0.3) is 0 Å². The van der Waals surface area contributed by atoms with Crippen molar-refractivity contribution >= 4 is 27.9 Å². The summed E-state index contributed by atoms with van der Waals surface area (Å²) in [5.74, 6) is -1.08. The minimum Gasteiger partial charge on any atom is -0.447 e. The Labute approximate surface area is 241 Å². The van der Waals surface area contributed by atoms with Crippen LogP contribution in [0.5, 0.6) is 0 Å².